The molecule has 1 aliphatic rings. The lowest BCUT2D eigenvalue weighted by molar-refractivity contribution is 0.0845. The van der Waals surface area contributed by atoms with Gasteiger partial charge in [0.1, 0.15) is 16.5 Å². The first kappa shape index (κ1) is 22.4. The highest BCUT2D eigenvalue weighted by Crippen LogP contribution is 2.32. The van der Waals surface area contributed by atoms with Gasteiger partial charge in [0.15, 0.2) is 0 Å². The van der Waals surface area contributed by atoms with Crippen LogP contribution in [-0.4, -0.2) is 35.6 Å². The summed E-state index contributed by atoms with van der Waals surface area (Å²) < 4.78 is 44.7. The lowest BCUT2D eigenvalue weighted by Gasteiger charge is -2.18. The van der Waals surface area contributed by atoms with E-state index in [1.807, 2.05) is 0 Å². The molecule has 2 aromatic carbocycles. The fourth-order valence-electron chi connectivity index (χ4n) is 3.38. The number of hydrogen-bond acceptors (Lipinski definition) is 6. The maximum absolute atomic E-state index is 13.0. The molecule has 3 aromatic rings. The third-order valence-electron chi connectivity index (χ3n) is 4.97. The lowest BCUT2D eigenvalue weighted by atomic mass is 10.1. The SMILES string of the molecule is CC(C)N1C(=O)c2ccc(C(=O)NCc3ccc(Oc4ccc(F)cc4)nc3)cc2S1(=O)=O. The van der Waals surface area contributed by atoms with E-state index in [1.54, 1.807) is 26.0 Å². The molecule has 1 aliphatic heterocycles. The Balaban J connectivity index is 1.42. The second kappa shape index (κ2) is 8.62. The maximum Gasteiger partial charge on any atom is 0.269 e. The number of aromatic nitrogens is 1. The molecule has 0 radical (unpaired) electrons. The van der Waals surface area contributed by atoms with Crippen molar-refractivity contribution in [2.75, 3.05) is 0 Å². The number of carbonyl (C=O) groups is 2. The van der Waals surface area contributed by atoms with Crippen molar-refractivity contribution in [1.29, 1.82) is 0 Å². The number of rotatable bonds is 6. The van der Waals surface area contributed by atoms with Crippen molar-refractivity contribution >= 4 is 21.8 Å². The summed E-state index contributed by atoms with van der Waals surface area (Å²) in [6, 6.07) is 12.3. The van der Waals surface area contributed by atoms with Crippen molar-refractivity contribution in [3.8, 4) is 11.6 Å². The zero-order chi connectivity index (χ0) is 23.8. The second-order valence-corrected chi connectivity index (χ2v) is 9.44. The number of halogens is 1. The van der Waals surface area contributed by atoms with Crippen LogP contribution in [0.25, 0.3) is 0 Å². The molecule has 1 N–H and O–H groups in total. The highest BCUT2D eigenvalue weighted by molar-refractivity contribution is 7.90. The van der Waals surface area contributed by atoms with Gasteiger partial charge in [0.25, 0.3) is 21.8 Å². The number of amides is 2. The lowest BCUT2D eigenvalue weighted by Crippen LogP contribution is -2.36. The standard InChI is InChI=1S/C23H20FN3O5S/c1-14(2)27-23(29)19-9-4-16(11-20(19)33(27,30)31)22(28)26-13-15-3-10-21(25-12-15)32-18-7-5-17(24)6-8-18/h3-12,14H,13H2,1-2H3,(H,26,28). The summed E-state index contributed by atoms with van der Waals surface area (Å²) in [4.78, 5) is 29.0. The number of pyridine rings is 1. The predicted molar refractivity (Wildman–Crippen MR) is 117 cm³/mol. The summed E-state index contributed by atoms with van der Waals surface area (Å²) in [5, 5.41) is 2.70. The molecule has 2 amide bonds. The Morgan fingerprint density at radius 2 is 1.85 bits per heavy atom. The summed E-state index contributed by atoms with van der Waals surface area (Å²) in [5.41, 5.74) is 0.867. The van der Waals surface area contributed by atoms with Crippen LogP contribution in [0.15, 0.2) is 65.7 Å². The molecular weight excluding hydrogens is 449 g/mol. The normalized spacial score (nSPS) is 14.3. The number of hydrogen-bond donors (Lipinski definition) is 1. The minimum atomic E-state index is -3.99. The van der Waals surface area contributed by atoms with Crippen LogP contribution in [0.2, 0.25) is 0 Å². The molecule has 0 saturated carbocycles. The Morgan fingerprint density at radius 3 is 2.48 bits per heavy atom. The highest BCUT2D eigenvalue weighted by atomic mass is 32.2. The monoisotopic (exact) mass is 469 g/mol. The van der Waals surface area contributed by atoms with Crippen molar-refractivity contribution in [3.05, 3.63) is 83.3 Å². The summed E-state index contributed by atoms with van der Waals surface area (Å²) in [7, 11) is -3.99. The third kappa shape index (κ3) is 4.42. The smallest absolute Gasteiger partial charge is 0.269 e. The van der Waals surface area contributed by atoms with Crippen LogP contribution in [0.1, 0.15) is 40.1 Å². The molecule has 1 aromatic heterocycles. The molecule has 4 rings (SSSR count). The summed E-state index contributed by atoms with van der Waals surface area (Å²) in [6.45, 7) is 3.36. The number of benzene rings is 2. The van der Waals surface area contributed by atoms with Crippen LogP contribution in [0.4, 0.5) is 4.39 Å². The summed E-state index contributed by atoms with van der Waals surface area (Å²) in [6.07, 6.45) is 1.52. The number of nitrogens with zero attached hydrogens (tertiary/aromatic N) is 2. The van der Waals surface area contributed by atoms with Gasteiger partial charge < -0.3 is 10.1 Å². The first-order chi connectivity index (χ1) is 15.7. The largest absolute Gasteiger partial charge is 0.439 e. The van der Waals surface area contributed by atoms with E-state index in [9.17, 15) is 22.4 Å². The Hall–Kier alpha value is -3.79. The molecule has 10 heteroatoms. The number of nitrogens with one attached hydrogen (secondary N) is 1. The number of ether oxygens (including phenoxy) is 1. The first-order valence-electron chi connectivity index (χ1n) is 10.1. The van der Waals surface area contributed by atoms with E-state index in [2.05, 4.69) is 10.3 Å². The molecule has 2 heterocycles. The Labute approximate surface area is 190 Å². The minimum absolute atomic E-state index is 0.0567. The van der Waals surface area contributed by atoms with Gasteiger partial charge in [-0.25, -0.2) is 22.1 Å². The zero-order valence-corrected chi connectivity index (χ0v) is 18.6. The molecule has 33 heavy (non-hydrogen) atoms. The van der Waals surface area contributed by atoms with Crippen molar-refractivity contribution in [3.63, 3.8) is 0 Å². The molecule has 170 valence electrons. The molecule has 0 fully saturated rings. The van der Waals surface area contributed by atoms with Crippen LogP contribution in [0.3, 0.4) is 0 Å². The number of sulfonamides is 1. The van der Waals surface area contributed by atoms with E-state index < -0.39 is 27.9 Å². The van der Waals surface area contributed by atoms with Gasteiger partial charge >= 0.3 is 0 Å². The fourth-order valence-corrected chi connectivity index (χ4v) is 5.18. The van der Waals surface area contributed by atoms with Gasteiger partial charge in [0.05, 0.1) is 5.56 Å². The van der Waals surface area contributed by atoms with Crippen LogP contribution in [0.5, 0.6) is 11.6 Å². The van der Waals surface area contributed by atoms with Crippen LogP contribution in [0, 0.1) is 5.82 Å². The maximum atomic E-state index is 13.0. The number of fused-ring (bicyclic) bond motifs is 1. The van der Waals surface area contributed by atoms with Crippen molar-refractivity contribution < 1.29 is 27.1 Å². The van der Waals surface area contributed by atoms with Crippen molar-refractivity contribution in [2.24, 2.45) is 0 Å². The van der Waals surface area contributed by atoms with Gasteiger partial charge in [-0.1, -0.05) is 6.07 Å². The molecule has 0 saturated heterocycles. The summed E-state index contributed by atoms with van der Waals surface area (Å²) in [5.74, 6) is -0.715. The number of carbonyl (C=O) groups excluding carboxylic acids is 2. The van der Waals surface area contributed by atoms with E-state index in [0.29, 0.717) is 17.2 Å². The Morgan fingerprint density at radius 1 is 1.12 bits per heavy atom. The quantitative estimate of drug-likeness (QED) is 0.592. The minimum Gasteiger partial charge on any atom is -0.439 e. The van der Waals surface area contributed by atoms with Crippen molar-refractivity contribution in [2.45, 2.75) is 31.3 Å². The van der Waals surface area contributed by atoms with E-state index in [-0.39, 0.29) is 28.4 Å². The third-order valence-corrected chi connectivity index (χ3v) is 6.97. The topological polar surface area (TPSA) is 106 Å². The Bertz CT molecular complexity index is 1320. The average molecular weight is 469 g/mol. The predicted octanol–water partition coefficient (Wildman–Crippen LogP) is 3.50. The van der Waals surface area contributed by atoms with Gasteiger partial charge in [-0.3, -0.25) is 9.59 Å². The van der Waals surface area contributed by atoms with Gasteiger partial charge in [-0.15, -0.1) is 0 Å². The fraction of sp³-hybridized carbons (Fsp3) is 0.174. The van der Waals surface area contributed by atoms with E-state index in [0.717, 1.165) is 4.31 Å². The van der Waals surface area contributed by atoms with Gasteiger partial charge in [-0.05, 0) is 61.9 Å². The summed E-state index contributed by atoms with van der Waals surface area (Å²) >= 11 is 0. The van der Waals surface area contributed by atoms with Gasteiger partial charge in [0.2, 0.25) is 5.88 Å². The van der Waals surface area contributed by atoms with E-state index in [4.69, 9.17) is 4.74 Å². The second-order valence-electron chi connectivity index (χ2n) is 7.65. The highest BCUT2D eigenvalue weighted by Gasteiger charge is 2.42. The van der Waals surface area contributed by atoms with E-state index >= 15 is 0 Å². The average Bonchev–Trinajstić information content (AvgIpc) is 2.99. The molecule has 0 atom stereocenters. The van der Waals surface area contributed by atoms with Gasteiger partial charge in [-0.2, -0.15) is 0 Å². The molecule has 0 spiro atoms. The molecule has 0 aliphatic carbocycles. The van der Waals surface area contributed by atoms with Crippen LogP contribution < -0.4 is 10.1 Å². The molecule has 0 unspecified atom stereocenters. The molecular formula is C23H20FN3O5S. The zero-order valence-electron chi connectivity index (χ0n) is 17.8. The molecule has 8 nitrogen and oxygen atoms in total. The van der Waals surface area contributed by atoms with E-state index in [1.165, 1.54) is 48.7 Å². The van der Waals surface area contributed by atoms with Crippen LogP contribution >= 0.6 is 0 Å². The van der Waals surface area contributed by atoms with Gasteiger partial charge in [0, 0.05) is 30.4 Å². The first-order valence-corrected chi connectivity index (χ1v) is 11.5. The van der Waals surface area contributed by atoms with Crippen molar-refractivity contribution in [1.82, 2.24) is 14.6 Å². The van der Waals surface area contributed by atoms with Crippen LogP contribution in [-0.2, 0) is 16.6 Å². The Kier molecular flexibility index (Phi) is 5.86. The molecule has 0 bridgehead atoms.